The van der Waals surface area contributed by atoms with Crippen molar-refractivity contribution in [3.63, 3.8) is 0 Å². The van der Waals surface area contributed by atoms with Crippen LogP contribution in [0.4, 0.5) is 0 Å². The molecule has 0 unspecified atom stereocenters. The summed E-state index contributed by atoms with van der Waals surface area (Å²) in [5.74, 6) is 0.698. The summed E-state index contributed by atoms with van der Waals surface area (Å²) in [5.41, 5.74) is 2.05. The van der Waals surface area contributed by atoms with E-state index in [-0.39, 0.29) is 18.7 Å². The van der Waals surface area contributed by atoms with Gasteiger partial charge in [-0.05, 0) is 45.4 Å². The number of carbonyl (C=O) groups excluding carboxylic acids is 1. The lowest BCUT2D eigenvalue weighted by Crippen LogP contribution is -2.32. The number of methoxy groups -OCH3 is 1. The standard InChI is InChI=1S/C28H40N4O5Si/c1-20(2)37-27-30-25(31-32(27)19-35-15-16-38(6,7)8)22-11-9-21(10-12-22)23-13-14-24(29-17-23)36-18-28(3,4)26(33)34-5/h9-14,17,20H,15-16,18-19H2,1-8H3. The molecular formula is C28H40N4O5Si. The van der Waals surface area contributed by atoms with Crippen molar-refractivity contribution in [2.45, 2.75) is 66.2 Å². The summed E-state index contributed by atoms with van der Waals surface area (Å²) in [7, 11) is 0.201. The number of benzene rings is 1. The Morgan fingerprint density at radius 3 is 2.26 bits per heavy atom. The summed E-state index contributed by atoms with van der Waals surface area (Å²) in [6, 6.07) is 13.2. The Morgan fingerprint density at radius 2 is 1.68 bits per heavy atom. The molecule has 0 radical (unpaired) electrons. The third-order valence-corrected chi connectivity index (χ3v) is 7.42. The SMILES string of the molecule is COC(=O)C(C)(C)COc1ccc(-c2ccc(-c3nc(OC(C)C)n(COCC[Si](C)(C)C)n3)cc2)cn1. The van der Waals surface area contributed by atoms with E-state index in [1.807, 2.05) is 44.2 Å². The van der Waals surface area contributed by atoms with Crippen LogP contribution in [0.3, 0.4) is 0 Å². The predicted molar refractivity (Wildman–Crippen MR) is 150 cm³/mol. The number of nitrogens with zero attached hydrogens (tertiary/aromatic N) is 4. The minimum atomic E-state index is -1.17. The zero-order valence-corrected chi connectivity index (χ0v) is 24.8. The third kappa shape index (κ3) is 8.39. The zero-order chi connectivity index (χ0) is 27.9. The molecule has 0 amide bonds. The van der Waals surface area contributed by atoms with E-state index in [1.54, 1.807) is 30.8 Å². The summed E-state index contributed by atoms with van der Waals surface area (Å²) >= 11 is 0. The van der Waals surface area contributed by atoms with Gasteiger partial charge in [-0.3, -0.25) is 4.79 Å². The van der Waals surface area contributed by atoms with Crippen molar-refractivity contribution in [1.82, 2.24) is 19.7 Å². The van der Waals surface area contributed by atoms with Crippen LogP contribution in [0.2, 0.25) is 25.7 Å². The Hall–Kier alpha value is -3.24. The van der Waals surface area contributed by atoms with Crippen LogP contribution in [0.5, 0.6) is 11.9 Å². The molecule has 3 rings (SSSR count). The minimum absolute atomic E-state index is 0.0267. The first-order valence-corrected chi connectivity index (χ1v) is 16.6. The van der Waals surface area contributed by atoms with Gasteiger partial charge in [-0.25, -0.2) is 4.98 Å². The Labute approximate surface area is 226 Å². The van der Waals surface area contributed by atoms with E-state index < -0.39 is 13.5 Å². The summed E-state index contributed by atoms with van der Waals surface area (Å²) in [5, 5.41) is 4.65. The summed E-state index contributed by atoms with van der Waals surface area (Å²) in [6.07, 6.45) is 1.72. The molecule has 1 aromatic carbocycles. The highest BCUT2D eigenvalue weighted by Gasteiger charge is 2.30. The van der Waals surface area contributed by atoms with Gasteiger partial charge in [0, 0.05) is 38.1 Å². The van der Waals surface area contributed by atoms with E-state index >= 15 is 0 Å². The lowest BCUT2D eigenvalue weighted by Gasteiger charge is -2.21. The first kappa shape index (κ1) is 29.3. The van der Waals surface area contributed by atoms with Crippen LogP contribution >= 0.6 is 0 Å². The number of hydrogen-bond acceptors (Lipinski definition) is 8. The van der Waals surface area contributed by atoms with Gasteiger partial charge in [0.25, 0.3) is 0 Å². The van der Waals surface area contributed by atoms with Gasteiger partial charge in [0.2, 0.25) is 5.88 Å². The molecule has 0 aliphatic rings. The molecule has 0 aliphatic heterocycles. The van der Waals surface area contributed by atoms with Crippen LogP contribution in [0.1, 0.15) is 27.7 Å². The van der Waals surface area contributed by atoms with E-state index in [0.717, 1.165) is 22.7 Å². The lowest BCUT2D eigenvalue weighted by atomic mass is 9.95. The smallest absolute Gasteiger partial charge is 0.317 e. The molecule has 9 nitrogen and oxygen atoms in total. The third-order valence-electron chi connectivity index (χ3n) is 5.72. The van der Waals surface area contributed by atoms with E-state index in [1.165, 1.54) is 7.11 Å². The molecule has 0 fully saturated rings. The molecule has 0 bridgehead atoms. The molecule has 0 saturated carbocycles. The van der Waals surface area contributed by atoms with Crippen LogP contribution in [0.25, 0.3) is 22.5 Å². The molecule has 0 atom stereocenters. The Morgan fingerprint density at radius 1 is 1.03 bits per heavy atom. The molecule has 0 spiro atoms. The maximum absolute atomic E-state index is 11.8. The van der Waals surface area contributed by atoms with Gasteiger partial charge in [0.05, 0.1) is 18.6 Å². The minimum Gasteiger partial charge on any atom is -0.476 e. The Bertz CT molecular complexity index is 1190. The number of pyridine rings is 1. The van der Waals surface area contributed by atoms with E-state index in [9.17, 15) is 4.79 Å². The summed E-state index contributed by atoms with van der Waals surface area (Å²) < 4.78 is 24.0. The van der Waals surface area contributed by atoms with Crippen LogP contribution in [0, 0.1) is 5.41 Å². The highest BCUT2D eigenvalue weighted by molar-refractivity contribution is 6.76. The monoisotopic (exact) mass is 540 g/mol. The molecule has 0 N–H and O–H groups in total. The van der Waals surface area contributed by atoms with Crippen molar-refractivity contribution in [2.24, 2.45) is 5.41 Å². The highest BCUT2D eigenvalue weighted by atomic mass is 28.3. The first-order chi connectivity index (χ1) is 17.9. The number of rotatable bonds is 13. The lowest BCUT2D eigenvalue weighted by molar-refractivity contribution is -0.152. The second kappa shape index (κ2) is 12.5. The quantitative estimate of drug-likeness (QED) is 0.155. The molecular weight excluding hydrogens is 500 g/mol. The fourth-order valence-electron chi connectivity index (χ4n) is 3.40. The highest BCUT2D eigenvalue weighted by Crippen LogP contribution is 2.26. The molecule has 0 saturated heterocycles. The van der Waals surface area contributed by atoms with Crippen molar-refractivity contribution in [3.8, 4) is 34.4 Å². The van der Waals surface area contributed by atoms with Gasteiger partial charge in [-0.15, -0.1) is 5.10 Å². The molecule has 3 aromatic rings. The topological polar surface area (TPSA) is 97.6 Å². The number of ether oxygens (including phenoxy) is 4. The van der Waals surface area contributed by atoms with Crippen LogP contribution in [0.15, 0.2) is 42.6 Å². The second-order valence-corrected chi connectivity index (χ2v) is 17.0. The molecule has 206 valence electrons. The van der Waals surface area contributed by atoms with E-state index in [4.69, 9.17) is 18.9 Å². The zero-order valence-electron chi connectivity index (χ0n) is 23.8. The fourth-order valence-corrected chi connectivity index (χ4v) is 4.16. The molecule has 10 heteroatoms. The van der Waals surface area contributed by atoms with Gasteiger partial charge in [0.1, 0.15) is 13.3 Å². The Kier molecular flexibility index (Phi) is 9.67. The number of carbonyl (C=O) groups is 1. The number of aromatic nitrogens is 4. The maximum Gasteiger partial charge on any atom is 0.317 e. The average Bonchev–Trinajstić information content (AvgIpc) is 3.26. The van der Waals surface area contributed by atoms with E-state index in [0.29, 0.717) is 31.1 Å². The predicted octanol–water partition coefficient (Wildman–Crippen LogP) is 5.68. The van der Waals surface area contributed by atoms with Crippen LogP contribution < -0.4 is 9.47 Å². The second-order valence-electron chi connectivity index (χ2n) is 11.4. The Balaban J connectivity index is 1.68. The van der Waals surface area contributed by atoms with Crippen molar-refractivity contribution in [2.75, 3.05) is 20.3 Å². The largest absolute Gasteiger partial charge is 0.476 e. The summed E-state index contributed by atoms with van der Waals surface area (Å²) in [6.45, 7) is 15.6. The van der Waals surface area contributed by atoms with Gasteiger partial charge >= 0.3 is 12.0 Å². The van der Waals surface area contributed by atoms with Crippen molar-refractivity contribution in [1.29, 1.82) is 0 Å². The first-order valence-electron chi connectivity index (χ1n) is 12.9. The molecule has 2 aromatic heterocycles. The normalized spacial score (nSPS) is 12.0. The molecule has 0 aliphatic carbocycles. The molecule has 2 heterocycles. The average molecular weight is 541 g/mol. The van der Waals surface area contributed by atoms with Crippen molar-refractivity contribution < 1.29 is 23.7 Å². The van der Waals surface area contributed by atoms with E-state index in [2.05, 4.69) is 34.7 Å². The number of esters is 1. The maximum atomic E-state index is 11.8. The van der Waals surface area contributed by atoms with Crippen LogP contribution in [-0.4, -0.2) is 60.2 Å². The number of hydrogen-bond donors (Lipinski definition) is 0. The molecule has 38 heavy (non-hydrogen) atoms. The van der Waals surface area contributed by atoms with Gasteiger partial charge < -0.3 is 18.9 Å². The van der Waals surface area contributed by atoms with Gasteiger partial charge in [-0.2, -0.15) is 9.67 Å². The summed E-state index contributed by atoms with van der Waals surface area (Å²) in [4.78, 5) is 20.8. The van der Waals surface area contributed by atoms with Crippen molar-refractivity contribution >= 4 is 14.0 Å². The fraction of sp³-hybridized carbons (Fsp3) is 0.500. The van der Waals surface area contributed by atoms with Crippen molar-refractivity contribution in [3.05, 3.63) is 42.6 Å². The van der Waals surface area contributed by atoms with Gasteiger partial charge in [-0.1, -0.05) is 43.9 Å². The van der Waals surface area contributed by atoms with Crippen LogP contribution in [-0.2, 0) is 21.0 Å². The van der Waals surface area contributed by atoms with Gasteiger partial charge in [0.15, 0.2) is 5.82 Å².